The monoisotopic (exact) mass is 288 g/mol. The Balaban J connectivity index is 3.20. The maximum Gasteiger partial charge on any atom is 0.339 e. The Labute approximate surface area is 99.7 Å². The van der Waals surface area contributed by atoms with Crippen LogP contribution >= 0.6 is 15.9 Å². The lowest BCUT2D eigenvalue weighted by Crippen LogP contribution is -2.07. The molecule has 0 fully saturated rings. The number of rotatable bonds is 3. The van der Waals surface area contributed by atoms with E-state index in [1.807, 2.05) is 0 Å². The smallest absolute Gasteiger partial charge is 0.339 e. The van der Waals surface area contributed by atoms with Crippen molar-refractivity contribution in [2.75, 3.05) is 12.3 Å². The molecule has 0 aliphatic rings. The fourth-order valence-corrected chi connectivity index (χ4v) is 1.60. The van der Waals surface area contributed by atoms with Crippen LogP contribution in [0.4, 0.5) is 11.4 Å². The van der Waals surface area contributed by atoms with E-state index in [-0.39, 0.29) is 28.0 Å². The lowest BCUT2D eigenvalue weighted by molar-refractivity contribution is -0.384. The molecule has 7 heteroatoms. The minimum atomic E-state index is -0.616. The number of anilines is 1. The molecule has 1 rings (SSSR count). The lowest BCUT2D eigenvalue weighted by Gasteiger charge is -2.05. The van der Waals surface area contributed by atoms with Crippen LogP contribution in [0, 0.1) is 10.1 Å². The summed E-state index contributed by atoms with van der Waals surface area (Å²) < 4.78 is 5.05. The zero-order valence-electron chi connectivity index (χ0n) is 8.40. The Morgan fingerprint density at radius 1 is 1.62 bits per heavy atom. The van der Waals surface area contributed by atoms with Gasteiger partial charge in [-0.3, -0.25) is 10.1 Å². The Morgan fingerprint density at radius 2 is 2.25 bits per heavy atom. The van der Waals surface area contributed by atoms with Crippen molar-refractivity contribution in [1.82, 2.24) is 0 Å². The third kappa shape index (κ3) is 2.48. The molecule has 2 N–H and O–H groups in total. The van der Waals surface area contributed by atoms with Crippen molar-refractivity contribution in [3.05, 3.63) is 32.3 Å². The van der Waals surface area contributed by atoms with Gasteiger partial charge in [-0.25, -0.2) is 4.79 Å². The maximum absolute atomic E-state index is 11.4. The van der Waals surface area contributed by atoms with Crippen LogP contribution in [0.3, 0.4) is 0 Å². The number of nitro groups is 1. The molecule has 0 atom stereocenters. The van der Waals surface area contributed by atoms with Gasteiger partial charge in [0.25, 0.3) is 5.69 Å². The van der Waals surface area contributed by atoms with Crippen molar-refractivity contribution in [2.24, 2.45) is 0 Å². The van der Waals surface area contributed by atoms with Gasteiger partial charge in [-0.15, -0.1) is 0 Å². The Bertz CT molecular complexity index is 447. The minimum Gasteiger partial charge on any atom is -0.462 e. The first-order valence-electron chi connectivity index (χ1n) is 4.38. The molecule has 0 spiro atoms. The molecule has 0 saturated heterocycles. The van der Waals surface area contributed by atoms with Gasteiger partial charge < -0.3 is 10.5 Å². The summed E-state index contributed by atoms with van der Waals surface area (Å²) in [4.78, 5) is 21.4. The molecular weight excluding hydrogens is 280 g/mol. The van der Waals surface area contributed by atoms with E-state index in [2.05, 4.69) is 15.9 Å². The van der Waals surface area contributed by atoms with Crippen LogP contribution < -0.4 is 5.73 Å². The van der Waals surface area contributed by atoms with Crippen molar-refractivity contribution < 1.29 is 14.5 Å². The number of ether oxygens (including phenoxy) is 1. The maximum atomic E-state index is 11.4. The molecule has 0 aliphatic heterocycles. The predicted octanol–water partition coefficient (Wildman–Crippen LogP) is 2.12. The third-order valence-electron chi connectivity index (χ3n) is 1.81. The second kappa shape index (κ2) is 4.93. The number of nitrogen functional groups attached to an aromatic ring is 1. The van der Waals surface area contributed by atoms with E-state index in [4.69, 9.17) is 10.5 Å². The number of nitrogens with two attached hydrogens (primary N) is 1. The van der Waals surface area contributed by atoms with Gasteiger partial charge >= 0.3 is 5.97 Å². The number of nitrogens with zero attached hydrogens (tertiary/aromatic N) is 1. The molecular formula is C9H9BrN2O4. The van der Waals surface area contributed by atoms with E-state index < -0.39 is 10.9 Å². The van der Waals surface area contributed by atoms with Crippen LogP contribution in [0.5, 0.6) is 0 Å². The fourth-order valence-electron chi connectivity index (χ4n) is 1.10. The molecule has 0 unspecified atom stereocenters. The van der Waals surface area contributed by atoms with Crippen LogP contribution in [0.2, 0.25) is 0 Å². The molecule has 0 saturated carbocycles. The van der Waals surface area contributed by atoms with Gasteiger partial charge in [0.2, 0.25) is 0 Å². The van der Waals surface area contributed by atoms with Crippen molar-refractivity contribution >= 4 is 33.3 Å². The van der Waals surface area contributed by atoms with Gasteiger partial charge in [0.1, 0.15) is 5.69 Å². The zero-order chi connectivity index (χ0) is 12.3. The van der Waals surface area contributed by atoms with Crippen molar-refractivity contribution in [2.45, 2.75) is 6.92 Å². The molecule has 16 heavy (non-hydrogen) atoms. The highest BCUT2D eigenvalue weighted by molar-refractivity contribution is 9.10. The first-order chi connectivity index (χ1) is 7.47. The molecule has 1 aromatic rings. The molecule has 0 aromatic heterocycles. The minimum absolute atomic E-state index is 0.0729. The highest BCUT2D eigenvalue weighted by atomic mass is 79.9. The van der Waals surface area contributed by atoms with Gasteiger partial charge in [-0.05, 0) is 28.9 Å². The van der Waals surface area contributed by atoms with E-state index >= 15 is 0 Å². The molecule has 6 nitrogen and oxygen atoms in total. The number of hydrogen-bond donors (Lipinski definition) is 1. The largest absolute Gasteiger partial charge is 0.462 e. The average Bonchev–Trinajstić information content (AvgIpc) is 2.20. The molecule has 86 valence electrons. The number of carbonyl (C=O) groups is 1. The molecule has 0 heterocycles. The van der Waals surface area contributed by atoms with Crippen LogP contribution in [-0.2, 0) is 4.74 Å². The SMILES string of the molecule is CCOC(=O)c1cc(N)c([N+](=O)[O-])cc1Br. The summed E-state index contributed by atoms with van der Waals surface area (Å²) in [6.45, 7) is 1.89. The summed E-state index contributed by atoms with van der Waals surface area (Å²) in [5.41, 5.74) is 5.30. The number of benzene rings is 1. The second-order valence-corrected chi connectivity index (χ2v) is 3.72. The summed E-state index contributed by atoms with van der Waals surface area (Å²) >= 11 is 3.06. The van der Waals surface area contributed by atoms with E-state index in [9.17, 15) is 14.9 Å². The average molecular weight is 289 g/mol. The van der Waals surface area contributed by atoms with Crippen LogP contribution in [0.25, 0.3) is 0 Å². The van der Waals surface area contributed by atoms with Crippen LogP contribution in [0.15, 0.2) is 16.6 Å². The Morgan fingerprint density at radius 3 is 2.75 bits per heavy atom. The topological polar surface area (TPSA) is 95.5 Å². The van der Waals surface area contributed by atoms with E-state index in [0.717, 1.165) is 0 Å². The number of halogens is 1. The molecule has 0 radical (unpaired) electrons. The first-order valence-corrected chi connectivity index (χ1v) is 5.17. The summed E-state index contributed by atoms with van der Waals surface area (Å²) in [6.07, 6.45) is 0. The third-order valence-corrected chi connectivity index (χ3v) is 2.46. The normalized spacial score (nSPS) is 9.88. The Kier molecular flexibility index (Phi) is 3.83. The first kappa shape index (κ1) is 12.4. The van der Waals surface area contributed by atoms with Gasteiger partial charge in [-0.1, -0.05) is 0 Å². The van der Waals surface area contributed by atoms with E-state index in [1.165, 1.54) is 12.1 Å². The molecule has 0 aliphatic carbocycles. The van der Waals surface area contributed by atoms with Gasteiger partial charge in [0.05, 0.1) is 17.1 Å². The Hall–Kier alpha value is -1.63. The number of esters is 1. The lowest BCUT2D eigenvalue weighted by atomic mass is 10.2. The standard InChI is InChI=1S/C9H9BrN2O4/c1-2-16-9(13)5-3-7(11)8(12(14)15)4-6(5)10/h3-4H,2,11H2,1H3. The molecule has 0 bridgehead atoms. The fraction of sp³-hybridized carbons (Fsp3) is 0.222. The second-order valence-electron chi connectivity index (χ2n) is 2.87. The number of hydrogen-bond acceptors (Lipinski definition) is 5. The van der Waals surface area contributed by atoms with Gasteiger partial charge in [0.15, 0.2) is 0 Å². The van der Waals surface area contributed by atoms with E-state index in [0.29, 0.717) is 0 Å². The van der Waals surface area contributed by atoms with Crippen molar-refractivity contribution in [3.63, 3.8) is 0 Å². The van der Waals surface area contributed by atoms with Gasteiger partial charge in [0, 0.05) is 10.5 Å². The van der Waals surface area contributed by atoms with Crippen LogP contribution in [-0.4, -0.2) is 17.5 Å². The quantitative estimate of drug-likeness (QED) is 0.398. The predicted molar refractivity (Wildman–Crippen MR) is 61.2 cm³/mol. The summed E-state index contributed by atoms with van der Waals surface area (Å²) in [5.74, 6) is -0.573. The summed E-state index contributed by atoms with van der Waals surface area (Å²) in [6, 6.07) is 2.40. The highest BCUT2D eigenvalue weighted by Gasteiger charge is 2.19. The van der Waals surface area contributed by atoms with Crippen molar-refractivity contribution in [3.8, 4) is 0 Å². The van der Waals surface area contributed by atoms with E-state index in [1.54, 1.807) is 6.92 Å². The van der Waals surface area contributed by atoms with Gasteiger partial charge in [-0.2, -0.15) is 0 Å². The number of nitro benzene ring substituents is 1. The molecule has 0 amide bonds. The highest BCUT2D eigenvalue weighted by Crippen LogP contribution is 2.29. The number of carbonyl (C=O) groups excluding carboxylic acids is 1. The van der Waals surface area contributed by atoms with Crippen molar-refractivity contribution in [1.29, 1.82) is 0 Å². The van der Waals surface area contributed by atoms with Crippen LogP contribution in [0.1, 0.15) is 17.3 Å². The zero-order valence-corrected chi connectivity index (χ0v) is 9.98. The summed E-state index contributed by atoms with van der Waals surface area (Å²) in [5, 5.41) is 10.6. The summed E-state index contributed by atoms with van der Waals surface area (Å²) in [7, 11) is 0. The molecule has 1 aromatic carbocycles.